The van der Waals surface area contributed by atoms with Crippen LogP contribution in [0.1, 0.15) is 33.3 Å². The van der Waals surface area contributed by atoms with Crippen molar-refractivity contribution in [3.63, 3.8) is 0 Å². The molecule has 32 heavy (non-hydrogen) atoms. The van der Waals surface area contributed by atoms with E-state index in [9.17, 15) is 22.8 Å². The van der Waals surface area contributed by atoms with Gasteiger partial charge in [-0.1, -0.05) is 0 Å². The van der Waals surface area contributed by atoms with E-state index in [1.807, 2.05) is 0 Å². The molecule has 1 aromatic heterocycles. The van der Waals surface area contributed by atoms with Crippen LogP contribution in [0.4, 0.5) is 13.2 Å². The number of rotatable bonds is 8. The zero-order valence-electron chi connectivity index (χ0n) is 17.8. The fourth-order valence-electron chi connectivity index (χ4n) is 2.29. The lowest BCUT2D eigenvalue weighted by Crippen LogP contribution is -2.08. The number of aromatic nitrogens is 3. The molecule has 1 aromatic carbocycles. The molecule has 0 aliphatic heterocycles. The first-order valence-corrected chi connectivity index (χ1v) is 9.50. The smallest absolute Gasteiger partial charge is 0.416 e. The van der Waals surface area contributed by atoms with Crippen molar-refractivity contribution in [2.75, 3.05) is 0 Å². The summed E-state index contributed by atoms with van der Waals surface area (Å²) in [4.78, 5) is 27.0. The van der Waals surface area contributed by atoms with Crippen molar-refractivity contribution in [3.8, 4) is 17.1 Å². The molecule has 2 aromatic rings. The molecule has 2 rings (SSSR count). The van der Waals surface area contributed by atoms with Gasteiger partial charge in [0.15, 0.2) is 5.82 Å². The summed E-state index contributed by atoms with van der Waals surface area (Å²) in [6.45, 7) is 6.69. The minimum atomic E-state index is -4.66. The zero-order valence-corrected chi connectivity index (χ0v) is 17.8. The third-order valence-corrected chi connectivity index (χ3v) is 3.48. The summed E-state index contributed by atoms with van der Waals surface area (Å²) < 4.78 is 56.1. The minimum absolute atomic E-state index is 0.0184. The van der Waals surface area contributed by atoms with Crippen LogP contribution in [0.3, 0.4) is 0 Å². The molecule has 1 heterocycles. The summed E-state index contributed by atoms with van der Waals surface area (Å²) in [7, 11) is 0. The molecular weight excluding hydrogens is 431 g/mol. The van der Waals surface area contributed by atoms with Crippen LogP contribution in [0.15, 0.2) is 42.9 Å². The Kier molecular flexibility index (Phi) is 8.16. The average molecular weight is 453 g/mol. The van der Waals surface area contributed by atoms with Crippen molar-refractivity contribution in [3.05, 3.63) is 48.5 Å². The van der Waals surface area contributed by atoms with E-state index in [1.54, 1.807) is 27.7 Å². The Hall–Kier alpha value is -3.63. The van der Waals surface area contributed by atoms with Crippen LogP contribution in [0, 0.1) is 0 Å². The average Bonchev–Trinajstić information content (AvgIpc) is 3.13. The first kappa shape index (κ1) is 24.6. The lowest BCUT2D eigenvalue weighted by Gasteiger charge is -2.10. The van der Waals surface area contributed by atoms with Crippen molar-refractivity contribution in [2.45, 2.75) is 46.1 Å². The first-order valence-electron chi connectivity index (χ1n) is 9.50. The molecule has 0 fully saturated rings. The monoisotopic (exact) mass is 453 g/mol. The number of alkyl halides is 3. The Balaban J connectivity index is 2.26. The molecule has 0 unspecified atom stereocenters. The van der Waals surface area contributed by atoms with Crippen LogP contribution in [0.2, 0.25) is 0 Å². The van der Waals surface area contributed by atoms with Crippen LogP contribution < -0.4 is 4.74 Å². The predicted octanol–water partition coefficient (Wildman–Crippen LogP) is 4.23. The first-order chi connectivity index (χ1) is 14.9. The maximum absolute atomic E-state index is 13.3. The number of nitrogens with zero attached hydrogens (tertiary/aromatic N) is 3. The van der Waals surface area contributed by atoms with Crippen LogP contribution in [-0.4, -0.2) is 38.9 Å². The summed E-state index contributed by atoms with van der Waals surface area (Å²) in [5, 5.41) is 4.03. The molecule has 0 radical (unpaired) electrons. The van der Waals surface area contributed by atoms with Gasteiger partial charge in [0.25, 0.3) is 0 Å². The maximum Gasteiger partial charge on any atom is 0.416 e. The molecule has 0 saturated carbocycles. The number of carbonyl (C=O) groups is 2. The molecule has 0 atom stereocenters. The van der Waals surface area contributed by atoms with Crippen molar-refractivity contribution < 1.29 is 37.0 Å². The molecule has 0 aliphatic rings. The second kappa shape index (κ2) is 10.6. The van der Waals surface area contributed by atoms with Crippen LogP contribution in [0.25, 0.3) is 17.6 Å². The fourth-order valence-corrected chi connectivity index (χ4v) is 2.29. The van der Waals surface area contributed by atoms with Gasteiger partial charge in [0.05, 0.1) is 30.1 Å². The van der Waals surface area contributed by atoms with Crippen LogP contribution in [0.5, 0.6) is 5.75 Å². The number of ether oxygens (including phenoxy) is 3. The summed E-state index contributed by atoms with van der Waals surface area (Å²) in [5.41, 5.74) is -0.972. The summed E-state index contributed by atoms with van der Waals surface area (Å²) in [6.07, 6.45) is 0.162. The molecule has 11 heteroatoms. The minimum Gasteiger partial charge on any atom is -0.465 e. The SMILES string of the molecule is CC(C)OC(=O)/C=C\n1cnc(-c2cc(O/C=C/C(=O)OC(C)C)cc(C(F)(F)F)c2)n1. The molecule has 8 nitrogen and oxygen atoms in total. The molecule has 172 valence electrons. The highest BCUT2D eigenvalue weighted by Gasteiger charge is 2.32. The number of benzene rings is 1. The van der Waals surface area contributed by atoms with Gasteiger partial charge in [0.2, 0.25) is 0 Å². The number of hydrogen-bond donors (Lipinski definition) is 0. The van der Waals surface area contributed by atoms with Gasteiger partial charge in [0, 0.05) is 17.8 Å². The highest BCUT2D eigenvalue weighted by Crippen LogP contribution is 2.35. The third-order valence-electron chi connectivity index (χ3n) is 3.48. The predicted molar refractivity (Wildman–Crippen MR) is 108 cm³/mol. The second-order valence-electron chi connectivity index (χ2n) is 7.00. The number of hydrogen-bond acceptors (Lipinski definition) is 7. The lowest BCUT2D eigenvalue weighted by molar-refractivity contribution is -0.142. The summed E-state index contributed by atoms with van der Waals surface area (Å²) >= 11 is 0. The molecule has 0 aliphatic carbocycles. The van der Waals surface area contributed by atoms with E-state index in [0.29, 0.717) is 0 Å². The van der Waals surface area contributed by atoms with Gasteiger partial charge < -0.3 is 14.2 Å². The van der Waals surface area contributed by atoms with Gasteiger partial charge in [-0.05, 0) is 45.9 Å². The van der Waals surface area contributed by atoms with Crippen LogP contribution in [-0.2, 0) is 25.2 Å². The molecular formula is C21H22F3N3O5. The quantitative estimate of drug-likeness (QED) is 0.336. The standard InChI is InChI=1S/C21H22F3N3O5/c1-13(2)31-18(28)5-7-27-12-25-20(26-27)15-9-16(21(22,23)24)11-17(10-15)30-8-6-19(29)32-14(3)4/h5-14H,1-4H3/b7-5-,8-6+. The second-order valence-corrected chi connectivity index (χ2v) is 7.00. The van der Waals surface area contributed by atoms with Gasteiger partial charge in [0.1, 0.15) is 12.1 Å². The van der Waals surface area contributed by atoms with Gasteiger partial charge in [-0.15, -0.1) is 5.10 Å². The third kappa shape index (κ3) is 7.89. The Morgan fingerprint density at radius 1 is 1.00 bits per heavy atom. The molecule has 0 spiro atoms. The van der Waals surface area contributed by atoms with Gasteiger partial charge in [-0.2, -0.15) is 13.2 Å². The van der Waals surface area contributed by atoms with Crippen molar-refractivity contribution in [1.29, 1.82) is 0 Å². The molecule has 0 bridgehead atoms. The molecule has 0 amide bonds. The Morgan fingerprint density at radius 3 is 2.22 bits per heavy atom. The van der Waals surface area contributed by atoms with E-state index >= 15 is 0 Å². The van der Waals surface area contributed by atoms with Crippen molar-refractivity contribution in [1.82, 2.24) is 14.8 Å². The maximum atomic E-state index is 13.3. The van der Waals surface area contributed by atoms with Gasteiger partial charge >= 0.3 is 18.1 Å². The topological polar surface area (TPSA) is 92.5 Å². The Bertz CT molecular complexity index is 1010. The van der Waals surface area contributed by atoms with E-state index in [1.165, 1.54) is 18.6 Å². The van der Waals surface area contributed by atoms with E-state index in [-0.39, 0.29) is 29.3 Å². The number of halogens is 3. The van der Waals surface area contributed by atoms with Crippen molar-refractivity contribution >= 4 is 18.1 Å². The largest absolute Gasteiger partial charge is 0.465 e. The molecule has 0 N–H and O–H groups in total. The lowest BCUT2D eigenvalue weighted by atomic mass is 10.1. The zero-order chi connectivity index (χ0) is 23.9. The highest BCUT2D eigenvalue weighted by atomic mass is 19.4. The van der Waals surface area contributed by atoms with Crippen molar-refractivity contribution in [2.24, 2.45) is 0 Å². The van der Waals surface area contributed by atoms with E-state index in [2.05, 4.69) is 10.1 Å². The Labute approximate surface area is 182 Å². The van der Waals surface area contributed by atoms with Gasteiger partial charge in [-0.25, -0.2) is 19.3 Å². The van der Waals surface area contributed by atoms with E-state index in [0.717, 1.165) is 35.2 Å². The van der Waals surface area contributed by atoms with E-state index < -0.39 is 23.7 Å². The van der Waals surface area contributed by atoms with Crippen LogP contribution >= 0.6 is 0 Å². The highest BCUT2D eigenvalue weighted by molar-refractivity contribution is 5.85. The molecule has 0 saturated heterocycles. The summed E-state index contributed by atoms with van der Waals surface area (Å²) in [6, 6.07) is 2.92. The summed E-state index contributed by atoms with van der Waals surface area (Å²) in [5.74, 6) is -1.52. The number of carbonyl (C=O) groups excluding carboxylic acids is 2. The fraction of sp³-hybridized carbons (Fsp3) is 0.333. The normalized spacial score (nSPS) is 12.2. The van der Waals surface area contributed by atoms with Gasteiger partial charge in [-0.3, -0.25) is 0 Å². The Morgan fingerprint density at radius 2 is 1.62 bits per heavy atom. The van der Waals surface area contributed by atoms with E-state index in [4.69, 9.17) is 14.2 Å². The number of esters is 2.